The second-order valence-corrected chi connectivity index (χ2v) is 6.46. The van der Waals surface area contributed by atoms with E-state index in [0.29, 0.717) is 16.9 Å². The van der Waals surface area contributed by atoms with Gasteiger partial charge in [-0.3, -0.25) is 0 Å². The SMILES string of the molecule is O=C(O)[C@H](Oc1ccc2c3c(c(=O)oc2c1)CCCC3)c1ccccc1. The van der Waals surface area contributed by atoms with Gasteiger partial charge in [0.05, 0.1) is 0 Å². The molecule has 0 radical (unpaired) electrons. The number of aryl methyl sites for hydroxylation is 1. The average molecular weight is 350 g/mol. The highest BCUT2D eigenvalue weighted by Gasteiger charge is 2.23. The van der Waals surface area contributed by atoms with Crippen molar-refractivity contribution in [3.63, 3.8) is 0 Å². The molecule has 26 heavy (non-hydrogen) atoms. The number of aliphatic carboxylic acids is 1. The normalized spacial score (nSPS) is 14.6. The number of fused-ring (bicyclic) bond motifs is 3. The van der Waals surface area contributed by atoms with Crippen molar-refractivity contribution >= 4 is 16.9 Å². The van der Waals surface area contributed by atoms with E-state index in [0.717, 1.165) is 42.2 Å². The molecule has 0 amide bonds. The van der Waals surface area contributed by atoms with E-state index in [-0.39, 0.29) is 5.63 Å². The Morgan fingerprint density at radius 3 is 2.50 bits per heavy atom. The van der Waals surface area contributed by atoms with Crippen molar-refractivity contribution in [2.75, 3.05) is 0 Å². The summed E-state index contributed by atoms with van der Waals surface area (Å²) in [5, 5.41) is 10.4. The maximum Gasteiger partial charge on any atom is 0.349 e. The molecule has 0 spiro atoms. The number of benzene rings is 2. The summed E-state index contributed by atoms with van der Waals surface area (Å²) in [4.78, 5) is 23.9. The van der Waals surface area contributed by atoms with Crippen molar-refractivity contribution in [1.29, 1.82) is 0 Å². The Labute approximate surface area is 149 Å². The monoisotopic (exact) mass is 350 g/mol. The molecule has 5 heteroatoms. The number of ether oxygens (including phenoxy) is 1. The highest BCUT2D eigenvalue weighted by Crippen LogP contribution is 2.30. The second-order valence-electron chi connectivity index (χ2n) is 6.46. The smallest absolute Gasteiger partial charge is 0.349 e. The van der Waals surface area contributed by atoms with E-state index in [2.05, 4.69) is 0 Å². The lowest BCUT2D eigenvalue weighted by atomic mass is 9.91. The molecule has 0 saturated heterocycles. The van der Waals surface area contributed by atoms with E-state index in [9.17, 15) is 14.7 Å². The molecular weight excluding hydrogens is 332 g/mol. The Hall–Kier alpha value is -3.08. The van der Waals surface area contributed by atoms with Gasteiger partial charge in [0.25, 0.3) is 0 Å². The van der Waals surface area contributed by atoms with Gasteiger partial charge in [0.2, 0.25) is 6.10 Å². The van der Waals surface area contributed by atoms with Gasteiger partial charge in [-0.25, -0.2) is 9.59 Å². The van der Waals surface area contributed by atoms with Crippen LogP contribution in [0, 0.1) is 0 Å². The lowest BCUT2D eigenvalue weighted by molar-refractivity contribution is -0.145. The van der Waals surface area contributed by atoms with E-state index >= 15 is 0 Å². The van der Waals surface area contributed by atoms with Gasteiger partial charge in [0, 0.05) is 22.6 Å². The highest BCUT2D eigenvalue weighted by atomic mass is 16.5. The summed E-state index contributed by atoms with van der Waals surface area (Å²) in [6.45, 7) is 0. The van der Waals surface area contributed by atoms with Gasteiger partial charge < -0.3 is 14.3 Å². The van der Waals surface area contributed by atoms with Gasteiger partial charge in [0.1, 0.15) is 11.3 Å². The van der Waals surface area contributed by atoms with E-state index in [1.54, 1.807) is 36.4 Å². The molecule has 1 aromatic heterocycles. The lowest BCUT2D eigenvalue weighted by Crippen LogP contribution is -2.18. The van der Waals surface area contributed by atoms with E-state index in [1.807, 2.05) is 12.1 Å². The number of hydrogen-bond donors (Lipinski definition) is 1. The molecule has 0 unspecified atom stereocenters. The Morgan fingerprint density at radius 2 is 1.77 bits per heavy atom. The molecule has 2 aromatic carbocycles. The molecule has 1 heterocycles. The first-order valence-electron chi connectivity index (χ1n) is 8.66. The van der Waals surface area contributed by atoms with Crippen LogP contribution in [0.2, 0.25) is 0 Å². The molecule has 5 nitrogen and oxygen atoms in total. The predicted octanol–water partition coefficient (Wildman–Crippen LogP) is 3.88. The van der Waals surface area contributed by atoms with Crippen molar-refractivity contribution in [3.8, 4) is 5.75 Å². The third-order valence-corrected chi connectivity index (χ3v) is 4.78. The summed E-state index contributed by atoms with van der Waals surface area (Å²) in [5.74, 6) is -0.726. The van der Waals surface area contributed by atoms with Crippen LogP contribution in [0.1, 0.15) is 35.6 Å². The zero-order valence-electron chi connectivity index (χ0n) is 14.1. The minimum atomic E-state index is -1.13. The van der Waals surface area contributed by atoms with Crippen LogP contribution in [0.25, 0.3) is 11.0 Å². The first-order valence-corrected chi connectivity index (χ1v) is 8.66. The fourth-order valence-corrected chi connectivity index (χ4v) is 3.52. The van der Waals surface area contributed by atoms with E-state index in [1.165, 1.54) is 0 Å². The fourth-order valence-electron chi connectivity index (χ4n) is 3.52. The van der Waals surface area contributed by atoms with Gasteiger partial charge in [-0.15, -0.1) is 0 Å². The van der Waals surface area contributed by atoms with Crippen molar-refractivity contribution in [1.82, 2.24) is 0 Å². The molecule has 1 atom stereocenters. The van der Waals surface area contributed by atoms with Crippen molar-refractivity contribution < 1.29 is 19.1 Å². The Morgan fingerprint density at radius 1 is 1.04 bits per heavy atom. The average Bonchev–Trinajstić information content (AvgIpc) is 2.66. The summed E-state index contributed by atoms with van der Waals surface area (Å²) in [6, 6.07) is 13.9. The number of rotatable bonds is 4. The molecule has 4 rings (SSSR count). The zero-order chi connectivity index (χ0) is 18.1. The molecule has 1 N–H and O–H groups in total. The van der Waals surface area contributed by atoms with Crippen LogP contribution >= 0.6 is 0 Å². The van der Waals surface area contributed by atoms with Gasteiger partial charge in [-0.1, -0.05) is 30.3 Å². The molecular formula is C21H18O5. The van der Waals surface area contributed by atoms with E-state index in [4.69, 9.17) is 9.15 Å². The topological polar surface area (TPSA) is 76.7 Å². The number of carboxylic acids is 1. The van der Waals surface area contributed by atoms with E-state index < -0.39 is 12.1 Å². The summed E-state index contributed by atoms with van der Waals surface area (Å²) >= 11 is 0. The summed E-state index contributed by atoms with van der Waals surface area (Å²) < 4.78 is 11.2. The van der Waals surface area contributed by atoms with Gasteiger partial charge >= 0.3 is 11.6 Å². The standard InChI is InChI=1S/C21H18O5/c22-20(23)19(13-6-2-1-3-7-13)25-14-10-11-16-15-8-4-5-9-17(15)21(24)26-18(16)12-14/h1-3,6-7,10-12,19H,4-5,8-9H2,(H,22,23)/t19-/m1/s1. The lowest BCUT2D eigenvalue weighted by Gasteiger charge is -2.18. The van der Waals surface area contributed by atoms with Crippen LogP contribution in [0.15, 0.2) is 57.7 Å². The van der Waals surface area contributed by atoms with Gasteiger partial charge in [-0.05, 0) is 43.4 Å². The van der Waals surface area contributed by atoms with Crippen LogP contribution in [0.4, 0.5) is 0 Å². The molecule has 3 aromatic rings. The molecule has 0 saturated carbocycles. The maximum absolute atomic E-state index is 12.2. The third-order valence-electron chi connectivity index (χ3n) is 4.78. The molecule has 0 bridgehead atoms. The van der Waals surface area contributed by atoms with Gasteiger partial charge in [-0.2, -0.15) is 0 Å². The molecule has 1 aliphatic carbocycles. The predicted molar refractivity (Wildman–Crippen MR) is 96.6 cm³/mol. The molecule has 0 aliphatic heterocycles. The third kappa shape index (κ3) is 2.96. The minimum Gasteiger partial charge on any atom is -0.478 e. The first kappa shape index (κ1) is 16.4. The van der Waals surface area contributed by atoms with Crippen LogP contribution in [0.5, 0.6) is 5.75 Å². The number of carboxylic acid groups (broad SMARTS) is 1. The first-order chi connectivity index (χ1) is 12.6. The minimum absolute atomic E-state index is 0.304. The maximum atomic E-state index is 12.2. The Kier molecular flexibility index (Phi) is 4.21. The number of carbonyl (C=O) groups is 1. The molecule has 0 fully saturated rings. The fraction of sp³-hybridized carbons (Fsp3) is 0.238. The van der Waals surface area contributed by atoms with Crippen LogP contribution in [0.3, 0.4) is 0 Å². The largest absolute Gasteiger partial charge is 0.478 e. The Balaban J connectivity index is 1.73. The van der Waals surface area contributed by atoms with Crippen molar-refractivity contribution in [2.24, 2.45) is 0 Å². The van der Waals surface area contributed by atoms with Crippen LogP contribution < -0.4 is 10.4 Å². The van der Waals surface area contributed by atoms with Crippen LogP contribution in [-0.4, -0.2) is 11.1 Å². The van der Waals surface area contributed by atoms with Crippen molar-refractivity contribution in [3.05, 3.63) is 75.6 Å². The van der Waals surface area contributed by atoms with Gasteiger partial charge in [0.15, 0.2) is 0 Å². The quantitative estimate of drug-likeness (QED) is 0.723. The summed E-state index contributed by atoms with van der Waals surface area (Å²) in [6.07, 6.45) is 2.54. The highest BCUT2D eigenvalue weighted by molar-refractivity contribution is 5.83. The van der Waals surface area contributed by atoms with Crippen LogP contribution in [-0.2, 0) is 17.6 Å². The molecule has 1 aliphatic rings. The van der Waals surface area contributed by atoms with Crippen molar-refractivity contribution in [2.45, 2.75) is 31.8 Å². The Bertz CT molecular complexity index is 1020. The summed E-state index contributed by atoms with van der Waals surface area (Å²) in [7, 11) is 0. The molecule has 132 valence electrons. The zero-order valence-corrected chi connectivity index (χ0v) is 14.1. The second kappa shape index (κ2) is 6.67. The number of hydrogen-bond acceptors (Lipinski definition) is 4. The summed E-state index contributed by atoms with van der Waals surface area (Å²) in [5.41, 5.74) is 2.50.